The minimum atomic E-state index is -0.892. The van der Waals surface area contributed by atoms with E-state index in [0.29, 0.717) is 13.0 Å². The Morgan fingerprint density at radius 1 is 1.40 bits per heavy atom. The average molecular weight is 211 g/mol. The van der Waals surface area contributed by atoms with Crippen molar-refractivity contribution in [2.24, 2.45) is 5.41 Å². The molecule has 0 aliphatic heterocycles. The van der Waals surface area contributed by atoms with Crippen LogP contribution in [0.5, 0.6) is 0 Å². The van der Waals surface area contributed by atoms with Crippen LogP contribution in [0, 0.1) is 17.8 Å². The van der Waals surface area contributed by atoms with Gasteiger partial charge in [0.2, 0.25) is 5.91 Å². The summed E-state index contributed by atoms with van der Waals surface area (Å²) in [7, 11) is 0. The number of terminal acetylenes is 1. The largest absolute Gasteiger partial charge is 0.481 e. The van der Waals surface area contributed by atoms with Crippen molar-refractivity contribution in [2.75, 3.05) is 6.54 Å². The summed E-state index contributed by atoms with van der Waals surface area (Å²) in [4.78, 5) is 21.8. The zero-order chi connectivity index (χ0) is 11.9. The minimum Gasteiger partial charge on any atom is -0.481 e. The highest BCUT2D eigenvalue weighted by Crippen LogP contribution is 2.24. The fourth-order valence-corrected chi connectivity index (χ4v) is 1.24. The highest BCUT2D eigenvalue weighted by atomic mass is 16.4. The number of aliphatic carboxylic acids is 1. The quantitative estimate of drug-likeness (QED) is 0.509. The van der Waals surface area contributed by atoms with Crippen molar-refractivity contribution in [1.82, 2.24) is 5.32 Å². The average Bonchev–Trinajstić information content (AvgIpc) is 2.00. The van der Waals surface area contributed by atoms with Crippen molar-refractivity contribution in [2.45, 2.75) is 33.1 Å². The lowest BCUT2D eigenvalue weighted by atomic mass is 9.85. The molecule has 0 saturated heterocycles. The van der Waals surface area contributed by atoms with Crippen LogP contribution in [0.1, 0.15) is 33.1 Å². The van der Waals surface area contributed by atoms with E-state index in [1.54, 1.807) is 13.8 Å². The summed E-state index contributed by atoms with van der Waals surface area (Å²) in [6.07, 6.45) is 5.70. The topological polar surface area (TPSA) is 66.4 Å². The first-order valence-corrected chi connectivity index (χ1v) is 4.79. The van der Waals surface area contributed by atoms with Gasteiger partial charge in [0.1, 0.15) is 0 Å². The monoisotopic (exact) mass is 211 g/mol. The molecule has 1 amide bonds. The number of rotatable bonds is 6. The molecule has 0 spiro atoms. The van der Waals surface area contributed by atoms with Crippen molar-refractivity contribution in [3.8, 4) is 12.3 Å². The second-order valence-electron chi connectivity index (χ2n) is 4.22. The van der Waals surface area contributed by atoms with Gasteiger partial charge in [0.25, 0.3) is 0 Å². The van der Waals surface area contributed by atoms with Gasteiger partial charge in [0.15, 0.2) is 0 Å². The van der Waals surface area contributed by atoms with Gasteiger partial charge in [-0.1, -0.05) is 13.8 Å². The molecule has 0 bridgehead atoms. The van der Waals surface area contributed by atoms with Crippen LogP contribution in [0.4, 0.5) is 0 Å². The highest BCUT2D eigenvalue weighted by Gasteiger charge is 2.24. The van der Waals surface area contributed by atoms with Gasteiger partial charge in [-0.2, -0.15) is 0 Å². The lowest BCUT2D eigenvalue weighted by Crippen LogP contribution is -2.30. The fourth-order valence-electron chi connectivity index (χ4n) is 1.24. The van der Waals surface area contributed by atoms with Crippen LogP contribution in [0.15, 0.2) is 0 Å². The van der Waals surface area contributed by atoms with Crippen molar-refractivity contribution < 1.29 is 14.7 Å². The smallest absolute Gasteiger partial charge is 0.303 e. The van der Waals surface area contributed by atoms with Crippen LogP contribution in [0.25, 0.3) is 0 Å². The maximum absolute atomic E-state index is 11.3. The van der Waals surface area contributed by atoms with Gasteiger partial charge in [-0.25, -0.2) is 0 Å². The van der Waals surface area contributed by atoms with Gasteiger partial charge in [0, 0.05) is 19.4 Å². The van der Waals surface area contributed by atoms with E-state index in [1.807, 2.05) is 0 Å². The molecule has 4 nitrogen and oxygen atoms in total. The van der Waals surface area contributed by atoms with Gasteiger partial charge in [-0.05, 0) is 5.41 Å². The number of carboxylic acid groups (broad SMARTS) is 1. The van der Waals surface area contributed by atoms with Gasteiger partial charge in [0.05, 0.1) is 6.42 Å². The van der Waals surface area contributed by atoms with Gasteiger partial charge < -0.3 is 10.4 Å². The highest BCUT2D eigenvalue weighted by molar-refractivity contribution is 5.77. The van der Waals surface area contributed by atoms with Crippen LogP contribution in [-0.2, 0) is 9.59 Å². The molecule has 0 aromatic rings. The summed E-state index contributed by atoms with van der Waals surface area (Å²) in [5.41, 5.74) is -0.522. The molecule has 0 aromatic carbocycles. The van der Waals surface area contributed by atoms with E-state index in [2.05, 4.69) is 11.2 Å². The lowest BCUT2D eigenvalue weighted by Gasteiger charge is -2.21. The Bertz CT molecular complexity index is 276. The van der Waals surface area contributed by atoms with E-state index in [4.69, 9.17) is 11.5 Å². The van der Waals surface area contributed by atoms with Crippen molar-refractivity contribution in [1.29, 1.82) is 0 Å². The molecule has 0 unspecified atom stereocenters. The number of nitrogens with one attached hydrogen (secondary N) is 1. The Morgan fingerprint density at radius 2 is 2.00 bits per heavy atom. The van der Waals surface area contributed by atoms with Crippen LogP contribution in [0.2, 0.25) is 0 Å². The van der Waals surface area contributed by atoms with Gasteiger partial charge in [-0.3, -0.25) is 9.59 Å². The third kappa shape index (κ3) is 7.56. The van der Waals surface area contributed by atoms with E-state index >= 15 is 0 Å². The van der Waals surface area contributed by atoms with E-state index < -0.39 is 11.4 Å². The zero-order valence-corrected chi connectivity index (χ0v) is 9.17. The molecule has 4 heteroatoms. The number of carboxylic acids is 1. The second kappa shape index (κ2) is 6.07. The van der Waals surface area contributed by atoms with Crippen LogP contribution < -0.4 is 5.32 Å². The number of hydrogen-bond donors (Lipinski definition) is 2. The maximum atomic E-state index is 11.3. The Balaban J connectivity index is 3.94. The first kappa shape index (κ1) is 13.5. The van der Waals surface area contributed by atoms with Crippen molar-refractivity contribution in [3.63, 3.8) is 0 Å². The molecule has 0 fully saturated rings. The normalized spacial score (nSPS) is 10.5. The Hall–Kier alpha value is -1.50. The predicted molar refractivity (Wildman–Crippen MR) is 57.1 cm³/mol. The second-order valence-corrected chi connectivity index (χ2v) is 4.22. The van der Waals surface area contributed by atoms with E-state index in [9.17, 15) is 9.59 Å². The third-order valence-electron chi connectivity index (χ3n) is 1.86. The minimum absolute atomic E-state index is 0.0183. The van der Waals surface area contributed by atoms with Crippen LogP contribution in [-0.4, -0.2) is 23.5 Å². The Morgan fingerprint density at radius 3 is 2.47 bits per heavy atom. The standard InChI is InChI=1S/C11H17NO3/c1-4-5-6-12-9(13)7-11(2,3)8-10(14)15/h1H,5-8H2,2-3H3,(H,12,13)(H,14,15). The van der Waals surface area contributed by atoms with Crippen molar-refractivity contribution >= 4 is 11.9 Å². The molecule has 0 saturated carbocycles. The Labute approximate surface area is 90.1 Å². The molecule has 0 aliphatic rings. The number of carbonyl (C=O) groups is 2. The molecule has 0 aromatic heterocycles. The van der Waals surface area contributed by atoms with E-state index in [-0.39, 0.29) is 18.7 Å². The SMILES string of the molecule is C#CCCNC(=O)CC(C)(C)CC(=O)O. The molecule has 0 aliphatic carbocycles. The molecule has 0 radical (unpaired) electrons. The summed E-state index contributed by atoms with van der Waals surface area (Å²) in [6, 6.07) is 0. The molecular formula is C11H17NO3. The molecular weight excluding hydrogens is 194 g/mol. The van der Waals surface area contributed by atoms with Gasteiger partial charge >= 0.3 is 5.97 Å². The zero-order valence-electron chi connectivity index (χ0n) is 9.17. The van der Waals surface area contributed by atoms with Crippen LogP contribution >= 0.6 is 0 Å². The maximum Gasteiger partial charge on any atom is 0.303 e. The number of hydrogen-bond acceptors (Lipinski definition) is 2. The van der Waals surface area contributed by atoms with Crippen molar-refractivity contribution in [3.05, 3.63) is 0 Å². The van der Waals surface area contributed by atoms with Gasteiger partial charge in [-0.15, -0.1) is 12.3 Å². The van der Waals surface area contributed by atoms with E-state index in [1.165, 1.54) is 0 Å². The molecule has 2 N–H and O–H groups in total. The molecule has 15 heavy (non-hydrogen) atoms. The third-order valence-corrected chi connectivity index (χ3v) is 1.86. The summed E-state index contributed by atoms with van der Waals surface area (Å²) in [6.45, 7) is 3.95. The Kier molecular flexibility index (Phi) is 5.46. The fraction of sp³-hybridized carbons (Fsp3) is 0.636. The summed E-state index contributed by atoms with van der Waals surface area (Å²) < 4.78 is 0. The molecule has 0 atom stereocenters. The number of amides is 1. The number of carbonyl (C=O) groups excluding carboxylic acids is 1. The molecule has 0 heterocycles. The molecule has 84 valence electrons. The summed E-state index contributed by atoms with van der Waals surface area (Å²) >= 11 is 0. The summed E-state index contributed by atoms with van der Waals surface area (Å²) in [5.74, 6) is 1.36. The summed E-state index contributed by atoms with van der Waals surface area (Å²) in [5, 5.41) is 11.3. The lowest BCUT2D eigenvalue weighted by molar-refractivity contribution is -0.139. The first-order valence-electron chi connectivity index (χ1n) is 4.79. The van der Waals surface area contributed by atoms with Crippen LogP contribution in [0.3, 0.4) is 0 Å². The van der Waals surface area contributed by atoms with E-state index in [0.717, 1.165) is 0 Å². The first-order chi connectivity index (χ1) is 6.87. The predicted octanol–water partition coefficient (Wildman–Crippen LogP) is 1.02. The molecule has 0 rings (SSSR count).